The predicted octanol–water partition coefficient (Wildman–Crippen LogP) is 3.35. The van der Waals surface area contributed by atoms with Crippen LogP contribution in [0.5, 0.6) is 5.75 Å². The minimum Gasteiger partial charge on any atom is -0.405 e. The molecule has 2 rings (SSSR count). The molecule has 7 heteroatoms. The highest BCUT2D eigenvalue weighted by molar-refractivity contribution is 6.10. The number of nitrogens with zero attached hydrogens (tertiary/aromatic N) is 1. The van der Waals surface area contributed by atoms with Crippen LogP contribution in [-0.4, -0.2) is 17.1 Å². The molecule has 0 amide bonds. The van der Waals surface area contributed by atoms with Crippen LogP contribution in [0.15, 0.2) is 42.7 Å². The van der Waals surface area contributed by atoms with Gasteiger partial charge in [-0.05, 0) is 18.2 Å². The molecular formula is C13H7F4NO2. The summed E-state index contributed by atoms with van der Waals surface area (Å²) in [6, 6.07) is 5.83. The molecule has 0 unspecified atom stereocenters. The van der Waals surface area contributed by atoms with Crippen LogP contribution in [0.1, 0.15) is 15.9 Å². The summed E-state index contributed by atoms with van der Waals surface area (Å²) in [5, 5.41) is 0. The van der Waals surface area contributed by atoms with E-state index in [9.17, 15) is 22.4 Å². The number of alkyl halides is 3. The van der Waals surface area contributed by atoms with Gasteiger partial charge in [0.15, 0.2) is 11.6 Å². The molecule has 0 spiro atoms. The van der Waals surface area contributed by atoms with E-state index >= 15 is 0 Å². The second-order valence-corrected chi connectivity index (χ2v) is 3.73. The number of halogens is 4. The first-order valence-corrected chi connectivity index (χ1v) is 5.37. The van der Waals surface area contributed by atoms with Crippen molar-refractivity contribution in [2.75, 3.05) is 0 Å². The van der Waals surface area contributed by atoms with Crippen LogP contribution in [0, 0.1) is 5.82 Å². The molecule has 0 aliphatic rings. The average molecular weight is 285 g/mol. The molecule has 0 radical (unpaired) electrons. The molecule has 1 aromatic heterocycles. The summed E-state index contributed by atoms with van der Waals surface area (Å²) in [7, 11) is 0. The van der Waals surface area contributed by atoms with Crippen molar-refractivity contribution in [3.05, 3.63) is 59.7 Å². The topological polar surface area (TPSA) is 39.2 Å². The second kappa shape index (κ2) is 5.28. The van der Waals surface area contributed by atoms with Gasteiger partial charge in [-0.25, -0.2) is 4.39 Å². The van der Waals surface area contributed by atoms with Gasteiger partial charge in [-0.3, -0.25) is 9.78 Å². The zero-order valence-corrected chi connectivity index (χ0v) is 9.82. The molecule has 0 saturated carbocycles. The molecule has 3 nitrogen and oxygen atoms in total. The summed E-state index contributed by atoms with van der Waals surface area (Å²) in [6.45, 7) is 0. The average Bonchev–Trinajstić information content (AvgIpc) is 2.37. The molecule has 0 fully saturated rings. The highest BCUT2D eigenvalue weighted by atomic mass is 19.4. The number of ketones is 1. The number of rotatable bonds is 3. The smallest absolute Gasteiger partial charge is 0.405 e. The van der Waals surface area contributed by atoms with Crippen LogP contribution in [0.25, 0.3) is 0 Å². The second-order valence-electron chi connectivity index (χ2n) is 3.73. The van der Waals surface area contributed by atoms with E-state index in [2.05, 4.69) is 9.72 Å². The summed E-state index contributed by atoms with van der Waals surface area (Å²) >= 11 is 0. The molecule has 1 aromatic carbocycles. The third-order valence-corrected chi connectivity index (χ3v) is 2.37. The van der Waals surface area contributed by atoms with Crippen LogP contribution in [-0.2, 0) is 0 Å². The Morgan fingerprint density at radius 3 is 2.45 bits per heavy atom. The molecule has 1 heterocycles. The molecule has 0 aliphatic heterocycles. The van der Waals surface area contributed by atoms with Gasteiger partial charge in [0.05, 0.1) is 17.3 Å². The number of benzene rings is 1. The zero-order valence-electron chi connectivity index (χ0n) is 9.82. The molecule has 0 N–H and O–H groups in total. The fourth-order valence-electron chi connectivity index (χ4n) is 1.57. The molecule has 0 atom stereocenters. The Morgan fingerprint density at radius 2 is 1.80 bits per heavy atom. The number of carbonyl (C=O) groups is 1. The van der Waals surface area contributed by atoms with E-state index in [1.165, 1.54) is 18.3 Å². The standard InChI is InChI=1S/C13H7F4NO2/c14-10-7-18-6-5-8(10)12(19)9-3-1-2-4-11(9)20-13(15,16)17/h1-7H. The SMILES string of the molecule is O=C(c1ccncc1F)c1ccccc1OC(F)(F)F. The van der Waals surface area contributed by atoms with Crippen LogP contribution in [0.2, 0.25) is 0 Å². The number of hydrogen-bond donors (Lipinski definition) is 0. The first-order chi connectivity index (χ1) is 9.38. The van der Waals surface area contributed by atoms with E-state index in [1.807, 2.05) is 0 Å². The normalized spacial score (nSPS) is 11.2. The summed E-state index contributed by atoms with van der Waals surface area (Å²) in [4.78, 5) is 15.5. The van der Waals surface area contributed by atoms with Gasteiger partial charge in [0.1, 0.15) is 5.75 Å². The van der Waals surface area contributed by atoms with Crippen LogP contribution in [0.4, 0.5) is 17.6 Å². The summed E-state index contributed by atoms with van der Waals surface area (Å²) < 4.78 is 54.0. The Hall–Kier alpha value is -2.44. The minimum absolute atomic E-state index is 0.377. The summed E-state index contributed by atoms with van der Waals surface area (Å²) in [5.74, 6) is -2.51. The molecule has 104 valence electrons. The van der Waals surface area contributed by atoms with Crippen molar-refractivity contribution in [1.82, 2.24) is 4.98 Å². The van der Waals surface area contributed by atoms with E-state index in [0.29, 0.717) is 0 Å². The lowest BCUT2D eigenvalue weighted by atomic mass is 10.0. The zero-order chi connectivity index (χ0) is 14.8. The van der Waals surface area contributed by atoms with Gasteiger partial charge < -0.3 is 4.74 Å². The molecular weight excluding hydrogens is 278 g/mol. The van der Waals surface area contributed by atoms with Gasteiger partial charge in [0.2, 0.25) is 0 Å². The lowest BCUT2D eigenvalue weighted by Gasteiger charge is -2.12. The van der Waals surface area contributed by atoms with Gasteiger partial charge in [-0.1, -0.05) is 12.1 Å². The van der Waals surface area contributed by atoms with E-state index in [-0.39, 0.29) is 11.1 Å². The number of aromatic nitrogens is 1. The van der Waals surface area contributed by atoms with Crippen molar-refractivity contribution in [3.63, 3.8) is 0 Å². The molecule has 0 aliphatic carbocycles. The highest BCUT2D eigenvalue weighted by Crippen LogP contribution is 2.28. The van der Waals surface area contributed by atoms with Crippen LogP contribution in [0.3, 0.4) is 0 Å². The van der Waals surface area contributed by atoms with Crippen molar-refractivity contribution in [3.8, 4) is 5.75 Å². The van der Waals surface area contributed by atoms with E-state index < -0.39 is 23.7 Å². The van der Waals surface area contributed by atoms with Gasteiger partial charge >= 0.3 is 6.36 Å². The molecule has 2 aromatic rings. The van der Waals surface area contributed by atoms with Crippen molar-refractivity contribution < 1.29 is 27.1 Å². The van der Waals surface area contributed by atoms with Crippen LogP contribution >= 0.6 is 0 Å². The quantitative estimate of drug-likeness (QED) is 0.641. The highest BCUT2D eigenvalue weighted by Gasteiger charge is 2.33. The van der Waals surface area contributed by atoms with Crippen molar-refractivity contribution in [2.24, 2.45) is 0 Å². The maximum absolute atomic E-state index is 13.4. The predicted molar refractivity (Wildman–Crippen MR) is 60.8 cm³/mol. The fraction of sp³-hybridized carbons (Fsp3) is 0.0769. The Bertz CT molecular complexity index is 640. The number of pyridine rings is 1. The number of carbonyl (C=O) groups excluding carboxylic acids is 1. The van der Waals surface area contributed by atoms with Gasteiger partial charge in [0.25, 0.3) is 0 Å². The maximum atomic E-state index is 13.4. The van der Waals surface area contributed by atoms with Crippen molar-refractivity contribution in [1.29, 1.82) is 0 Å². The summed E-state index contributed by atoms with van der Waals surface area (Å²) in [5.41, 5.74) is -0.756. The Labute approximate surface area is 110 Å². The third kappa shape index (κ3) is 3.11. The van der Waals surface area contributed by atoms with Gasteiger partial charge in [-0.2, -0.15) is 0 Å². The largest absolute Gasteiger partial charge is 0.573 e. The maximum Gasteiger partial charge on any atom is 0.573 e. The number of hydrogen-bond acceptors (Lipinski definition) is 3. The monoisotopic (exact) mass is 285 g/mol. The number of ether oxygens (including phenoxy) is 1. The van der Waals surface area contributed by atoms with E-state index in [1.54, 1.807) is 0 Å². The minimum atomic E-state index is -4.94. The van der Waals surface area contributed by atoms with Gasteiger partial charge in [-0.15, -0.1) is 13.2 Å². The lowest BCUT2D eigenvalue weighted by molar-refractivity contribution is -0.274. The van der Waals surface area contributed by atoms with Crippen molar-refractivity contribution in [2.45, 2.75) is 6.36 Å². The lowest BCUT2D eigenvalue weighted by Crippen LogP contribution is -2.19. The molecule has 20 heavy (non-hydrogen) atoms. The van der Waals surface area contributed by atoms with Gasteiger partial charge in [0, 0.05) is 6.20 Å². The Morgan fingerprint density at radius 1 is 1.10 bits per heavy atom. The molecule has 0 saturated heterocycles. The first-order valence-electron chi connectivity index (χ1n) is 5.37. The molecule has 0 bridgehead atoms. The Balaban J connectivity index is 2.43. The van der Waals surface area contributed by atoms with E-state index in [0.717, 1.165) is 24.4 Å². The number of para-hydroxylation sites is 1. The first kappa shape index (κ1) is 14.0. The van der Waals surface area contributed by atoms with Crippen LogP contribution < -0.4 is 4.74 Å². The Kier molecular flexibility index (Phi) is 3.69. The fourth-order valence-corrected chi connectivity index (χ4v) is 1.57. The van der Waals surface area contributed by atoms with E-state index in [4.69, 9.17) is 0 Å². The third-order valence-electron chi connectivity index (χ3n) is 2.37. The van der Waals surface area contributed by atoms with Crippen molar-refractivity contribution >= 4 is 5.78 Å². The summed E-state index contributed by atoms with van der Waals surface area (Å²) in [6.07, 6.45) is -2.96.